The number of likely N-dealkylation sites (tertiary alicyclic amines) is 1. The SMILES string of the molecule is Cc1cc(OCc2ccccc2)ccc1C1=CCN(c2ccc3c(cnn3CCN3CCCC3)c2)C=C1. The Hall–Kier alpha value is -3.83. The number of benzene rings is 3. The van der Waals surface area contributed by atoms with Crippen molar-refractivity contribution in [1.29, 1.82) is 0 Å². The fraction of sp³-hybridized carbons (Fsp3) is 0.281. The van der Waals surface area contributed by atoms with Crippen LogP contribution in [0.25, 0.3) is 16.5 Å². The quantitative estimate of drug-likeness (QED) is 0.285. The molecule has 0 saturated carbocycles. The molecule has 1 saturated heterocycles. The molecule has 3 heterocycles. The number of anilines is 1. The van der Waals surface area contributed by atoms with Gasteiger partial charge in [-0.05, 0) is 91.5 Å². The first-order valence-electron chi connectivity index (χ1n) is 13.3. The predicted octanol–water partition coefficient (Wildman–Crippen LogP) is 6.44. The van der Waals surface area contributed by atoms with Gasteiger partial charge in [0.05, 0.1) is 18.3 Å². The van der Waals surface area contributed by atoms with E-state index in [4.69, 9.17) is 4.74 Å². The molecule has 0 atom stereocenters. The summed E-state index contributed by atoms with van der Waals surface area (Å²) in [5, 5.41) is 5.87. The van der Waals surface area contributed by atoms with E-state index in [1.807, 2.05) is 24.4 Å². The van der Waals surface area contributed by atoms with E-state index in [9.17, 15) is 0 Å². The zero-order valence-corrected chi connectivity index (χ0v) is 21.5. The molecule has 0 aliphatic carbocycles. The number of allylic oxidation sites excluding steroid dienone is 2. The first-order chi connectivity index (χ1) is 18.2. The highest BCUT2D eigenvalue weighted by molar-refractivity contribution is 5.84. The lowest BCUT2D eigenvalue weighted by Crippen LogP contribution is -2.24. The van der Waals surface area contributed by atoms with E-state index < -0.39 is 0 Å². The molecule has 2 aliphatic rings. The van der Waals surface area contributed by atoms with Crippen LogP contribution in [0.3, 0.4) is 0 Å². The molecule has 1 aromatic heterocycles. The van der Waals surface area contributed by atoms with Gasteiger partial charge >= 0.3 is 0 Å². The normalized spacial score (nSPS) is 15.9. The number of nitrogens with zero attached hydrogens (tertiary/aromatic N) is 4. The molecule has 6 rings (SSSR count). The standard InChI is InChI=1S/C32H34N4O/c1-25-21-30(37-24-26-7-3-2-4-8-26)10-11-31(25)27-13-17-35(18-14-27)29-9-12-32-28(22-29)23-33-36(32)20-19-34-15-5-6-16-34/h2-4,7-14,17,21-23H,5-6,15-16,18-20,24H2,1H3. The van der Waals surface area contributed by atoms with Crippen LogP contribution in [0, 0.1) is 6.92 Å². The fourth-order valence-corrected chi connectivity index (χ4v) is 5.35. The maximum atomic E-state index is 6.01. The summed E-state index contributed by atoms with van der Waals surface area (Å²) in [6.07, 6.45) is 11.4. The predicted molar refractivity (Wildman–Crippen MR) is 152 cm³/mol. The van der Waals surface area contributed by atoms with Crippen molar-refractivity contribution in [3.63, 3.8) is 0 Å². The number of hydrogen-bond donors (Lipinski definition) is 0. The molecule has 0 amide bonds. The van der Waals surface area contributed by atoms with Crippen molar-refractivity contribution < 1.29 is 4.74 Å². The van der Waals surface area contributed by atoms with Gasteiger partial charge in [-0.3, -0.25) is 4.68 Å². The molecule has 0 bridgehead atoms. The summed E-state index contributed by atoms with van der Waals surface area (Å²) in [5.41, 5.74) is 7.30. The highest BCUT2D eigenvalue weighted by atomic mass is 16.5. The minimum absolute atomic E-state index is 0.582. The second kappa shape index (κ2) is 10.7. The minimum atomic E-state index is 0.582. The Labute approximate surface area is 219 Å². The monoisotopic (exact) mass is 490 g/mol. The van der Waals surface area contributed by atoms with E-state index in [1.165, 1.54) is 64.8 Å². The summed E-state index contributed by atoms with van der Waals surface area (Å²) in [7, 11) is 0. The van der Waals surface area contributed by atoms with E-state index in [0.29, 0.717) is 6.61 Å². The van der Waals surface area contributed by atoms with Gasteiger partial charge in [-0.25, -0.2) is 0 Å². The lowest BCUT2D eigenvalue weighted by Gasteiger charge is -2.24. The number of hydrogen-bond acceptors (Lipinski definition) is 4. The van der Waals surface area contributed by atoms with Crippen molar-refractivity contribution in [3.05, 3.63) is 108 Å². The molecule has 0 radical (unpaired) electrons. The summed E-state index contributed by atoms with van der Waals surface area (Å²) in [6.45, 7) is 8.07. The van der Waals surface area contributed by atoms with E-state index in [2.05, 4.69) is 93.4 Å². The molecule has 5 heteroatoms. The number of aryl methyl sites for hydroxylation is 1. The van der Waals surface area contributed by atoms with Gasteiger partial charge in [-0.2, -0.15) is 5.10 Å². The molecule has 3 aromatic carbocycles. The molecule has 4 aromatic rings. The Balaban J connectivity index is 1.09. The molecule has 0 spiro atoms. The van der Waals surface area contributed by atoms with Crippen molar-refractivity contribution in [3.8, 4) is 5.75 Å². The Morgan fingerprint density at radius 2 is 1.78 bits per heavy atom. The lowest BCUT2D eigenvalue weighted by molar-refractivity contribution is 0.306. The molecular weight excluding hydrogens is 456 g/mol. The Kier molecular flexibility index (Phi) is 6.78. The van der Waals surface area contributed by atoms with Crippen LogP contribution in [0.1, 0.15) is 29.5 Å². The van der Waals surface area contributed by atoms with Crippen LogP contribution in [0.2, 0.25) is 0 Å². The van der Waals surface area contributed by atoms with Crippen molar-refractivity contribution in [2.45, 2.75) is 32.9 Å². The Morgan fingerprint density at radius 1 is 0.919 bits per heavy atom. The third kappa shape index (κ3) is 5.32. The minimum Gasteiger partial charge on any atom is -0.489 e. The number of rotatable bonds is 8. The molecule has 2 aliphatic heterocycles. The van der Waals surface area contributed by atoms with E-state index >= 15 is 0 Å². The average molecular weight is 491 g/mol. The van der Waals surface area contributed by atoms with Crippen LogP contribution >= 0.6 is 0 Å². The van der Waals surface area contributed by atoms with Gasteiger partial charge < -0.3 is 14.5 Å². The Bertz CT molecular complexity index is 1430. The summed E-state index contributed by atoms with van der Waals surface area (Å²) in [4.78, 5) is 4.83. The molecule has 188 valence electrons. The van der Waals surface area contributed by atoms with Crippen molar-refractivity contribution in [1.82, 2.24) is 14.7 Å². The van der Waals surface area contributed by atoms with Crippen molar-refractivity contribution >= 4 is 22.2 Å². The van der Waals surface area contributed by atoms with Crippen LogP contribution < -0.4 is 9.64 Å². The summed E-state index contributed by atoms with van der Waals surface area (Å²) in [6, 6.07) is 23.3. The zero-order valence-electron chi connectivity index (χ0n) is 21.5. The van der Waals surface area contributed by atoms with Gasteiger partial charge in [-0.1, -0.05) is 42.5 Å². The highest BCUT2D eigenvalue weighted by Crippen LogP contribution is 2.29. The second-order valence-corrected chi connectivity index (χ2v) is 10.0. The van der Waals surface area contributed by atoms with Crippen LogP contribution in [-0.2, 0) is 13.2 Å². The van der Waals surface area contributed by atoms with Crippen LogP contribution in [0.5, 0.6) is 5.75 Å². The Morgan fingerprint density at radius 3 is 2.57 bits per heavy atom. The number of aromatic nitrogens is 2. The van der Waals surface area contributed by atoms with Gasteiger partial charge in [-0.15, -0.1) is 0 Å². The van der Waals surface area contributed by atoms with E-state index in [0.717, 1.165) is 25.4 Å². The third-order valence-corrected chi connectivity index (χ3v) is 7.48. The first kappa shape index (κ1) is 23.6. The third-order valence-electron chi connectivity index (χ3n) is 7.48. The topological polar surface area (TPSA) is 33.5 Å². The fourth-order valence-electron chi connectivity index (χ4n) is 5.35. The number of fused-ring (bicyclic) bond motifs is 1. The molecule has 1 fully saturated rings. The van der Waals surface area contributed by atoms with Gasteiger partial charge in [0.1, 0.15) is 12.4 Å². The number of ether oxygens (including phenoxy) is 1. The van der Waals surface area contributed by atoms with Crippen molar-refractivity contribution in [2.24, 2.45) is 0 Å². The van der Waals surface area contributed by atoms with Gasteiger partial charge in [0.25, 0.3) is 0 Å². The molecule has 0 unspecified atom stereocenters. The maximum absolute atomic E-state index is 6.01. The smallest absolute Gasteiger partial charge is 0.120 e. The van der Waals surface area contributed by atoms with Crippen LogP contribution in [0.15, 0.2) is 91.3 Å². The highest BCUT2D eigenvalue weighted by Gasteiger charge is 2.14. The first-order valence-corrected chi connectivity index (χ1v) is 13.3. The van der Waals surface area contributed by atoms with E-state index in [1.54, 1.807) is 0 Å². The summed E-state index contributed by atoms with van der Waals surface area (Å²) in [5.74, 6) is 0.904. The maximum Gasteiger partial charge on any atom is 0.120 e. The largest absolute Gasteiger partial charge is 0.489 e. The molecular formula is C32H34N4O. The summed E-state index contributed by atoms with van der Waals surface area (Å²) >= 11 is 0. The zero-order chi connectivity index (χ0) is 25.0. The summed E-state index contributed by atoms with van der Waals surface area (Å²) < 4.78 is 8.16. The van der Waals surface area contributed by atoms with Crippen LogP contribution in [-0.4, -0.2) is 40.9 Å². The second-order valence-electron chi connectivity index (χ2n) is 10.0. The molecule has 0 N–H and O–H groups in total. The van der Waals surface area contributed by atoms with Gasteiger partial charge in [0.2, 0.25) is 0 Å². The van der Waals surface area contributed by atoms with E-state index in [-0.39, 0.29) is 0 Å². The molecule has 5 nitrogen and oxygen atoms in total. The van der Waals surface area contributed by atoms with Gasteiger partial charge in [0, 0.05) is 30.4 Å². The van der Waals surface area contributed by atoms with Gasteiger partial charge in [0.15, 0.2) is 0 Å². The average Bonchev–Trinajstić information content (AvgIpc) is 3.61. The lowest BCUT2D eigenvalue weighted by atomic mass is 9.98. The molecule has 37 heavy (non-hydrogen) atoms. The van der Waals surface area contributed by atoms with Crippen molar-refractivity contribution in [2.75, 3.05) is 31.1 Å². The van der Waals surface area contributed by atoms with Crippen LogP contribution in [0.4, 0.5) is 5.69 Å².